The number of hydrogen-bond donors (Lipinski definition) is 1. The summed E-state index contributed by atoms with van der Waals surface area (Å²) in [4.78, 5) is 13.9. The number of rotatable bonds is 4. The fraction of sp³-hybridized carbons (Fsp3) is 0.300. The van der Waals surface area contributed by atoms with Crippen molar-refractivity contribution in [2.75, 3.05) is 0 Å². The number of carbonyl (C=O) groups is 1. The van der Waals surface area contributed by atoms with Gasteiger partial charge in [0.25, 0.3) is 0 Å². The average molecular weight is 205 g/mol. The fourth-order valence-electron chi connectivity index (χ4n) is 1.06. The molecular weight excluding hydrogens is 193 g/mol. The van der Waals surface area contributed by atoms with Gasteiger partial charge in [0.15, 0.2) is 0 Å². The molecule has 5 heteroatoms. The van der Waals surface area contributed by atoms with Crippen molar-refractivity contribution in [1.29, 1.82) is 0 Å². The van der Waals surface area contributed by atoms with Gasteiger partial charge in [0, 0.05) is 11.5 Å². The van der Waals surface area contributed by atoms with E-state index in [1.807, 2.05) is 30.3 Å². The van der Waals surface area contributed by atoms with Gasteiger partial charge in [-0.1, -0.05) is 35.4 Å². The molecule has 1 atom stereocenters. The summed E-state index contributed by atoms with van der Waals surface area (Å²) < 4.78 is 0. The maximum atomic E-state index is 11.3. The van der Waals surface area contributed by atoms with E-state index in [1.54, 1.807) is 6.92 Å². The van der Waals surface area contributed by atoms with Crippen LogP contribution < -0.4 is 5.32 Å². The summed E-state index contributed by atoms with van der Waals surface area (Å²) in [6, 6.07) is 8.88. The lowest BCUT2D eigenvalue weighted by Gasteiger charge is -2.06. The van der Waals surface area contributed by atoms with E-state index in [4.69, 9.17) is 5.53 Å². The summed E-state index contributed by atoms with van der Waals surface area (Å²) in [7, 11) is 0. The highest BCUT2D eigenvalue weighted by Crippen LogP contribution is 1.98. The van der Waals surface area contributed by atoms with Crippen LogP contribution in [0.5, 0.6) is 0 Å². The van der Waals surface area contributed by atoms with Crippen molar-refractivity contribution < 1.29 is 4.79 Å². The van der Waals surface area contributed by atoms with Crippen LogP contribution in [0, 0.1) is 0 Å². The van der Waals surface area contributed by atoms with Gasteiger partial charge in [-0.25, -0.2) is 0 Å². The molecule has 0 aliphatic heterocycles. The van der Waals surface area contributed by atoms with Crippen molar-refractivity contribution in [1.82, 2.24) is 5.32 Å². The first kappa shape index (κ1) is 11.1. The van der Waals surface area contributed by atoms with E-state index in [1.165, 1.54) is 0 Å². The molecule has 1 aromatic rings. The topological polar surface area (TPSA) is 77.9 Å². The first-order chi connectivity index (χ1) is 7.24. The van der Waals surface area contributed by atoms with E-state index in [9.17, 15) is 4.79 Å². The third-order valence-corrected chi connectivity index (χ3v) is 1.91. The summed E-state index contributed by atoms with van der Waals surface area (Å²) in [5.74, 6) is -0.267. The van der Waals surface area contributed by atoms with Gasteiger partial charge in [0.1, 0.15) is 6.04 Å². The first-order valence-electron chi connectivity index (χ1n) is 4.60. The predicted molar refractivity (Wildman–Crippen MR) is 56.9 cm³/mol. The van der Waals surface area contributed by atoms with Crippen LogP contribution in [0.4, 0.5) is 0 Å². The highest BCUT2D eigenvalue weighted by molar-refractivity contribution is 5.81. The lowest BCUT2D eigenvalue weighted by atomic mass is 10.2. The minimum atomic E-state index is -0.668. The fourth-order valence-corrected chi connectivity index (χ4v) is 1.06. The van der Waals surface area contributed by atoms with Crippen LogP contribution >= 0.6 is 0 Å². The summed E-state index contributed by atoms with van der Waals surface area (Å²) >= 11 is 0. The van der Waals surface area contributed by atoms with Gasteiger partial charge in [0.2, 0.25) is 5.91 Å². The van der Waals surface area contributed by atoms with E-state index in [0.29, 0.717) is 6.54 Å². The summed E-state index contributed by atoms with van der Waals surface area (Å²) in [6.45, 7) is 2.00. The van der Waals surface area contributed by atoms with Crippen molar-refractivity contribution in [2.45, 2.75) is 19.5 Å². The van der Waals surface area contributed by atoms with Crippen LogP contribution in [0.3, 0.4) is 0 Å². The summed E-state index contributed by atoms with van der Waals surface area (Å²) in [6.07, 6.45) is 0. The molecule has 1 rings (SSSR count). The van der Waals surface area contributed by atoms with Crippen molar-refractivity contribution in [3.05, 3.63) is 46.3 Å². The van der Waals surface area contributed by atoms with E-state index in [2.05, 4.69) is 15.3 Å². The Kier molecular flexibility index (Phi) is 4.19. The predicted octanol–water partition coefficient (Wildman–Crippen LogP) is 2.00. The van der Waals surface area contributed by atoms with E-state index < -0.39 is 6.04 Å². The SMILES string of the molecule is C[13C@H](N=[N+]=[N-])C(=O)NCc1ccccc1. The van der Waals surface area contributed by atoms with Crippen molar-refractivity contribution in [3.8, 4) is 0 Å². The highest BCUT2D eigenvalue weighted by atomic mass is 16.2. The molecule has 0 aliphatic carbocycles. The third kappa shape index (κ3) is 3.70. The molecule has 15 heavy (non-hydrogen) atoms. The molecular formula is C10H12N4O. The quantitative estimate of drug-likeness (QED) is 0.347. The van der Waals surface area contributed by atoms with Crippen LogP contribution in [-0.4, -0.2) is 11.9 Å². The summed E-state index contributed by atoms with van der Waals surface area (Å²) in [5.41, 5.74) is 9.16. The van der Waals surface area contributed by atoms with Crippen LogP contribution in [0.25, 0.3) is 10.4 Å². The molecule has 0 aromatic heterocycles. The van der Waals surface area contributed by atoms with Gasteiger partial charge >= 0.3 is 0 Å². The van der Waals surface area contributed by atoms with Gasteiger partial charge in [-0.05, 0) is 18.0 Å². The molecule has 0 fully saturated rings. The summed E-state index contributed by atoms with van der Waals surface area (Å²) in [5, 5.41) is 5.99. The molecule has 1 aromatic carbocycles. The van der Waals surface area contributed by atoms with E-state index in [0.717, 1.165) is 5.56 Å². The number of carbonyl (C=O) groups excluding carboxylic acids is 1. The lowest BCUT2D eigenvalue weighted by Crippen LogP contribution is -2.30. The number of amides is 1. The smallest absolute Gasteiger partial charge is 0.228 e. The number of benzene rings is 1. The zero-order valence-electron chi connectivity index (χ0n) is 8.42. The largest absolute Gasteiger partial charge is 0.352 e. The van der Waals surface area contributed by atoms with Crippen molar-refractivity contribution in [2.24, 2.45) is 5.11 Å². The Labute approximate surface area is 87.7 Å². The molecule has 0 spiro atoms. The Balaban J connectivity index is 2.44. The Morgan fingerprint density at radius 2 is 2.20 bits per heavy atom. The number of azide groups is 1. The van der Waals surface area contributed by atoms with Gasteiger partial charge < -0.3 is 5.32 Å². The highest BCUT2D eigenvalue weighted by Gasteiger charge is 2.09. The second-order valence-electron chi connectivity index (χ2n) is 3.08. The van der Waals surface area contributed by atoms with Gasteiger partial charge in [-0.15, -0.1) is 0 Å². The van der Waals surface area contributed by atoms with E-state index in [-0.39, 0.29) is 5.91 Å². The Hall–Kier alpha value is -2.00. The molecule has 0 unspecified atom stereocenters. The monoisotopic (exact) mass is 205 g/mol. The second-order valence-corrected chi connectivity index (χ2v) is 3.08. The van der Waals surface area contributed by atoms with E-state index >= 15 is 0 Å². The molecule has 0 radical (unpaired) electrons. The molecule has 0 bridgehead atoms. The standard InChI is InChI=1S/C10H12N4O/c1-8(13-14-11)10(15)12-7-9-5-3-2-4-6-9/h2-6,8H,7H2,1H3,(H,12,15)/t8-/m0/s1/i8+1. The molecule has 5 nitrogen and oxygen atoms in total. The van der Waals surface area contributed by atoms with Crippen molar-refractivity contribution >= 4 is 5.91 Å². The zero-order chi connectivity index (χ0) is 11.1. The number of hydrogen-bond acceptors (Lipinski definition) is 2. The maximum absolute atomic E-state index is 11.3. The minimum absolute atomic E-state index is 0.267. The number of nitrogens with zero attached hydrogens (tertiary/aromatic N) is 3. The van der Waals surface area contributed by atoms with Crippen LogP contribution in [0.15, 0.2) is 35.4 Å². The van der Waals surface area contributed by atoms with Gasteiger partial charge in [0.05, 0.1) is 0 Å². The van der Waals surface area contributed by atoms with Gasteiger partial charge in [-0.3, -0.25) is 4.79 Å². The lowest BCUT2D eigenvalue weighted by molar-refractivity contribution is -0.122. The average Bonchev–Trinajstić information content (AvgIpc) is 2.27. The molecule has 0 heterocycles. The Morgan fingerprint density at radius 1 is 1.53 bits per heavy atom. The van der Waals surface area contributed by atoms with Crippen LogP contribution in [-0.2, 0) is 11.3 Å². The molecule has 78 valence electrons. The third-order valence-electron chi connectivity index (χ3n) is 1.91. The Bertz CT molecular complexity index is 370. The molecule has 0 saturated heterocycles. The molecule has 1 amide bonds. The second kappa shape index (κ2) is 5.67. The zero-order valence-corrected chi connectivity index (χ0v) is 8.42. The van der Waals surface area contributed by atoms with Gasteiger partial charge in [-0.2, -0.15) is 0 Å². The Morgan fingerprint density at radius 3 is 2.80 bits per heavy atom. The normalized spacial score (nSPS) is 11.3. The molecule has 1 N–H and O–H groups in total. The number of nitrogens with one attached hydrogen (secondary N) is 1. The first-order valence-corrected chi connectivity index (χ1v) is 4.60. The maximum Gasteiger partial charge on any atom is 0.228 e. The molecule has 0 aliphatic rings. The molecule has 0 saturated carbocycles. The minimum Gasteiger partial charge on any atom is -0.352 e. The van der Waals surface area contributed by atoms with Crippen LogP contribution in [0.2, 0.25) is 0 Å². The van der Waals surface area contributed by atoms with Crippen molar-refractivity contribution in [3.63, 3.8) is 0 Å². The van der Waals surface area contributed by atoms with Crippen LogP contribution in [0.1, 0.15) is 12.5 Å².